The molecule has 0 unspecified atom stereocenters. The van der Waals surface area contributed by atoms with Crippen molar-refractivity contribution in [2.45, 2.75) is 17.9 Å². The van der Waals surface area contributed by atoms with E-state index in [2.05, 4.69) is 0 Å². The van der Waals surface area contributed by atoms with E-state index >= 15 is 0 Å². The highest BCUT2D eigenvalue weighted by molar-refractivity contribution is 7.90. The number of sulfone groups is 1. The molecule has 21 heavy (non-hydrogen) atoms. The Bertz CT molecular complexity index is 812. The van der Waals surface area contributed by atoms with Crippen LogP contribution in [0.1, 0.15) is 23.3 Å². The van der Waals surface area contributed by atoms with Crippen LogP contribution in [0.25, 0.3) is 0 Å². The SMILES string of the molecule is C[C@@H](c1ccccc1F)S(=O)(=O)Cc1ccn(C)c(=O)c1. The summed E-state index contributed by atoms with van der Waals surface area (Å²) in [6.45, 7) is 1.45. The Labute approximate surface area is 122 Å². The summed E-state index contributed by atoms with van der Waals surface area (Å²) in [6.07, 6.45) is 1.51. The first kappa shape index (κ1) is 15.4. The molecular formula is C15H16FNO3S. The van der Waals surface area contributed by atoms with E-state index in [-0.39, 0.29) is 16.9 Å². The zero-order chi connectivity index (χ0) is 15.6. The van der Waals surface area contributed by atoms with E-state index in [0.717, 1.165) is 0 Å². The first-order chi connectivity index (χ1) is 9.81. The Morgan fingerprint density at radius 3 is 2.52 bits per heavy atom. The zero-order valence-corrected chi connectivity index (χ0v) is 12.6. The van der Waals surface area contributed by atoms with Crippen molar-refractivity contribution in [2.75, 3.05) is 0 Å². The number of hydrogen-bond donors (Lipinski definition) is 0. The Hall–Kier alpha value is -1.95. The van der Waals surface area contributed by atoms with Gasteiger partial charge in [0.2, 0.25) is 0 Å². The zero-order valence-electron chi connectivity index (χ0n) is 11.8. The van der Waals surface area contributed by atoms with Crippen molar-refractivity contribution in [2.24, 2.45) is 7.05 Å². The number of aryl methyl sites for hydroxylation is 1. The first-order valence-electron chi connectivity index (χ1n) is 6.43. The fraction of sp³-hybridized carbons (Fsp3) is 0.267. The lowest BCUT2D eigenvalue weighted by molar-refractivity contribution is 0.573. The normalized spacial score (nSPS) is 13.1. The minimum Gasteiger partial charge on any atom is -0.319 e. The Morgan fingerprint density at radius 2 is 1.90 bits per heavy atom. The third-order valence-corrected chi connectivity index (χ3v) is 5.49. The second kappa shape index (κ2) is 5.81. The van der Waals surface area contributed by atoms with Crippen molar-refractivity contribution >= 4 is 9.84 Å². The van der Waals surface area contributed by atoms with Crippen LogP contribution in [-0.4, -0.2) is 13.0 Å². The summed E-state index contributed by atoms with van der Waals surface area (Å²) in [5.74, 6) is -0.837. The number of pyridine rings is 1. The Kier molecular flexibility index (Phi) is 4.27. The van der Waals surface area contributed by atoms with E-state index < -0.39 is 20.9 Å². The standard InChI is InChI=1S/C15H16FNO3S/c1-11(13-5-3-4-6-14(13)16)21(19,20)10-12-7-8-17(2)15(18)9-12/h3-9,11H,10H2,1-2H3/t11-/m0/s1. The summed E-state index contributed by atoms with van der Waals surface area (Å²) in [4.78, 5) is 11.5. The van der Waals surface area contributed by atoms with Gasteiger partial charge in [-0.25, -0.2) is 12.8 Å². The molecule has 0 spiro atoms. The summed E-state index contributed by atoms with van der Waals surface area (Å²) < 4.78 is 39.8. The molecule has 0 N–H and O–H groups in total. The highest BCUT2D eigenvalue weighted by atomic mass is 32.2. The van der Waals surface area contributed by atoms with Crippen molar-refractivity contribution in [3.63, 3.8) is 0 Å². The van der Waals surface area contributed by atoms with E-state index in [0.29, 0.717) is 5.56 Å². The highest BCUT2D eigenvalue weighted by Gasteiger charge is 2.25. The molecule has 0 saturated heterocycles. The van der Waals surface area contributed by atoms with Gasteiger partial charge in [0.1, 0.15) is 5.82 Å². The molecular weight excluding hydrogens is 293 g/mol. The molecule has 1 aromatic carbocycles. The minimum atomic E-state index is -3.61. The second-order valence-corrected chi connectivity index (χ2v) is 7.28. The van der Waals surface area contributed by atoms with Gasteiger partial charge in [0.25, 0.3) is 5.56 Å². The maximum atomic E-state index is 13.7. The third-order valence-electron chi connectivity index (χ3n) is 3.42. The van der Waals surface area contributed by atoms with Crippen LogP contribution in [0, 0.1) is 5.82 Å². The third kappa shape index (κ3) is 3.39. The van der Waals surface area contributed by atoms with Gasteiger partial charge in [-0.2, -0.15) is 0 Å². The lowest BCUT2D eigenvalue weighted by atomic mass is 10.1. The molecule has 0 amide bonds. The van der Waals surface area contributed by atoms with Gasteiger partial charge in [-0.15, -0.1) is 0 Å². The number of hydrogen-bond acceptors (Lipinski definition) is 3. The molecule has 0 radical (unpaired) electrons. The van der Waals surface area contributed by atoms with Gasteiger partial charge in [-0.1, -0.05) is 18.2 Å². The molecule has 0 aliphatic heterocycles. The summed E-state index contributed by atoms with van der Waals surface area (Å²) in [5, 5.41) is -0.970. The smallest absolute Gasteiger partial charge is 0.250 e. The predicted molar refractivity (Wildman–Crippen MR) is 79.1 cm³/mol. The largest absolute Gasteiger partial charge is 0.319 e. The van der Waals surface area contributed by atoms with Crippen molar-refractivity contribution in [3.05, 3.63) is 69.9 Å². The van der Waals surface area contributed by atoms with Gasteiger partial charge in [-0.05, 0) is 24.6 Å². The molecule has 0 aliphatic rings. The average molecular weight is 309 g/mol. The minimum absolute atomic E-state index is 0.140. The van der Waals surface area contributed by atoms with E-state index in [9.17, 15) is 17.6 Å². The number of benzene rings is 1. The molecule has 1 heterocycles. The van der Waals surface area contributed by atoms with Crippen LogP contribution >= 0.6 is 0 Å². The quantitative estimate of drug-likeness (QED) is 0.870. The first-order valence-corrected chi connectivity index (χ1v) is 8.14. The van der Waals surface area contributed by atoms with Crippen LogP contribution in [0.4, 0.5) is 4.39 Å². The summed E-state index contributed by atoms with van der Waals surface area (Å²) in [6, 6.07) is 8.67. The van der Waals surface area contributed by atoms with Crippen molar-refractivity contribution in [1.82, 2.24) is 4.57 Å². The maximum absolute atomic E-state index is 13.7. The summed E-state index contributed by atoms with van der Waals surface area (Å²) in [5.41, 5.74) is 0.267. The second-order valence-electron chi connectivity index (χ2n) is 4.96. The van der Waals surface area contributed by atoms with Crippen LogP contribution in [-0.2, 0) is 22.6 Å². The molecule has 1 aromatic heterocycles. The molecule has 0 aliphatic carbocycles. The Balaban J connectivity index is 2.32. The monoisotopic (exact) mass is 309 g/mol. The van der Waals surface area contributed by atoms with Crippen LogP contribution in [0.15, 0.2) is 47.4 Å². The lowest BCUT2D eigenvalue weighted by Gasteiger charge is -2.14. The van der Waals surface area contributed by atoms with Crippen LogP contribution < -0.4 is 5.56 Å². The van der Waals surface area contributed by atoms with Crippen LogP contribution in [0.3, 0.4) is 0 Å². The lowest BCUT2D eigenvalue weighted by Crippen LogP contribution is -2.18. The fourth-order valence-electron chi connectivity index (χ4n) is 2.03. The number of nitrogens with zero attached hydrogens (tertiary/aromatic N) is 1. The molecule has 6 heteroatoms. The fourth-order valence-corrected chi connectivity index (χ4v) is 3.51. The Morgan fingerprint density at radius 1 is 1.24 bits per heavy atom. The summed E-state index contributed by atoms with van der Waals surface area (Å²) in [7, 11) is -2.02. The van der Waals surface area contributed by atoms with Crippen molar-refractivity contribution < 1.29 is 12.8 Å². The molecule has 1 atom stereocenters. The van der Waals surface area contributed by atoms with Gasteiger partial charge >= 0.3 is 0 Å². The highest BCUT2D eigenvalue weighted by Crippen LogP contribution is 2.26. The van der Waals surface area contributed by atoms with Crippen molar-refractivity contribution in [1.29, 1.82) is 0 Å². The average Bonchev–Trinajstić information content (AvgIpc) is 2.42. The topological polar surface area (TPSA) is 56.1 Å². The molecule has 0 bridgehead atoms. The molecule has 4 nitrogen and oxygen atoms in total. The number of halogens is 1. The van der Waals surface area contributed by atoms with Gasteiger partial charge in [-0.3, -0.25) is 4.79 Å². The molecule has 112 valence electrons. The van der Waals surface area contributed by atoms with Gasteiger partial charge in [0.15, 0.2) is 9.84 Å². The number of rotatable bonds is 4. The van der Waals surface area contributed by atoms with Crippen LogP contribution in [0.5, 0.6) is 0 Å². The van der Waals surface area contributed by atoms with E-state index in [1.807, 2.05) is 0 Å². The van der Waals surface area contributed by atoms with E-state index in [4.69, 9.17) is 0 Å². The van der Waals surface area contributed by atoms with E-state index in [1.54, 1.807) is 19.2 Å². The summed E-state index contributed by atoms with van der Waals surface area (Å²) >= 11 is 0. The van der Waals surface area contributed by atoms with Crippen LogP contribution in [0.2, 0.25) is 0 Å². The van der Waals surface area contributed by atoms with E-state index in [1.165, 1.54) is 42.0 Å². The van der Waals surface area contributed by atoms with Gasteiger partial charge in [0.05, 0.1) is 11.0 Å². The van der Waals surface area contributed by atoms with Gasteiger partial charge < -0.3 is 4.57 Å². The molecule has 2 rings (SSSR count). The molecule has 0 fully saturated rings. The van der Waals surface area contributed by atoms with Gasteiger partial charge in [0, 0.05) is 24.9 Å². The van der Waals surface area contributed by atoms with Crippen molar-refractivity contribution in [3.8, 4) is 0 Å². The maximum Gasteiger partial charge on any atom is 0.250 e. The number of aromatic nitrogens is 1. The molecule has 2 aromatic rings. The molecule has 0 saturated carbocycles. The predicted octanol–water partition coefficient (Wildman–Crippen LogP) is 2.20.